The standard InChI is InChI=1S/C11H13N3O2/c1-7(11(15)16)13-10-9-8(3-5-12-10)4-6-14(9)2/h3-7H,1-2H3,(H,12,13)(H,15,16). The number of hydrogen-bond acceptors (Lipinski definition) is 3. The summed E-state index contributed by atoms with van der Waals surface area (Å²) in [7, 11) is 1.90. The maximum atomic E-state index is 10.8. The van der Waals surface area contributed by atoms with Crippen molar-refractivity contribution >= 4 is 22.7 Å². The Morgan fingerprint density at radius 2 is 2.31 bits per heavy atom. The third kappa shape index (κ3) is 1.71. The van der Waals surface area contributed by atoms with Crippen molar-refractivity contribution < 1.29 is 9.90 Å². The van der Waals surface area contributed by atoms with Crippen molar-refractivity contribution in [1.29, 1.82) is 0 Å². The van der Waals surface area contributed by atoms with Crippen LogP contribution in [0.2, 0.25) is 0 Å². The highest BCUT2D eigenvalue weighted by atomic mass is 16.4. The Morgan fingerprint density at radius 1 is 1.56 bits per heavy atom. The Bertz CT molecular complexity index is 533. The zero-order valence-corrected chi connectivity index (χ0v) is 9.14. The largest absolute Gasteiger partial charge is 0.480 e. The van der Waals surface area contributed by atoms with Gasteiger partial charge >= 0.3 is 5.97 Å². The number of nitrogens with one attached hydrogen (secondary N) is 1. The van der Waals surface area contributed by atoms with Crippen molar-refractivity contribution in [1.82, 2.24) is 9.55 Å². The van der Waals surface area contributed by atoms with Crippen molar-refractivity contribution in [3.05, 3.63) is 24.5 Å². The molecule has 0 aliphatic heterocycles. The van der Waals surface area contributed by atoms with Crippen molar-refractivity contribution in [2.75, 3.05) is 5.32 Å². The first-order chi connectivity index (χ1) is 7.59. The SMILES string of the molecule is CC(Nc1nccc2ccn(C)c12)C(=O)O. The highest BCUT2D eigenvalue weighted by Gasteiger charge is 2.13. The van der Waals surface area contributed by atoms with E-state index in [-0.39, 0.29) is 0 Å². The maximum absolute atomic E-state index is 10.8. The molecule has 0 aliphatic rings. The number of hydrogen-bond donors (Lipinski definition) is 2. The predicted octanol–water partition coefficient (Wildman–Crippen LogP) is 1.46. The fourth-order valence-electron chi connectivity index (χ4n) is 1.61. The van der Waals surface area contributed by atoms with Gasteiger partial charge in [-0.2, -0.15) is 0 Å². The molecular formula is C11H13N3O2. The number of fused-ring (bicyclic) bond motifs is 1. The molecule has 1 atom stereocenters. The van der Waals surface area contributed by atoms with Gasteiger partial charge in [0.1, 0.15) is 6.04 Å². The molecule has 2 aromatic rings. The summed E-state index contributed by atoms with van der Waals surface area (Å²) in [5.41, 5.74) is 0.913. The quantitative estimate of drug-likeness (QED) is 0.820. The summed E-state index contributed by atoms with van der Waals surface area (Å²) in [5.74, 6) is -0.298. The van der Waals surface area contributed by atoms with E-state index in [1.54, 1.807) is 13.1 Å². The lowest BCUT2D eigenvalue weighted by Crippen LogP contribution is -2.26. The fraction of sp³-hybridized carbons (Fsp3) is 0.273. The lowest BCUT2D eigenvalue weighted by atomic mass is 10.3. The first-order valence-electron chi connectivity index (χ1n) is 4.99. The zero-order chi connectivity index (χ0) is 11.7. The highest BCUT2D eigenvalue weighted by molar-refractivity contribution is 5.90. The van der Waals surface area contributed by atoms with Crippen molar-refractivity contribution in [2.24, 2.45) is 7.05 Å². The number of anilines is 1. The van der Waals surface area contributed by atoms with Crippen molar-refractivity contribution in [2.45, 2.75) is 13.0 Å². The number of carboxylic acid groups (broad SMARTS) is 1. The van der Waals surface area contributed by atoms with E-state index in [1.165, 1.54) is 0 Å². The summed E-state index contributed by atoms with van der Waals surface area (Å²) in [5, 5.41) is 12.8. The number of carbonyl (C=O) groups is 1. The van der Waals surface area contributed by atoms with Gasteiger partial charge in [-0.1, -0.05) is 0 Å². The Hall–Kier alpha value is -2.04. The van der Waals surface area contributed by atoms with Gasteiger partial charge in [0.15, 0.2) is 5.82 Å². The normalized spacial score (nSPS) is 12.6. The number of aryl methyl sites for hydroxylation is 1. The van der Waals surface area contributed by atoms with Crippen LogP contribution in [0.4, 0.5) is 5.82 Å². The van der Waals surface area contributed by atoms with E-state index >= 15 is 0 Å². The first-order valence-corrected chi connectivity index (χ1v) is 4.99. The van der Waals surface area contributed by atoms with E-state index in [0.717, 1.165) is 10.9 Å². The van der Waals surface area contributed by atoms with Crippen LogP contribution < -0.4 is 5.32 Å². The van der Waals surface area contributed by atoms with Crippen LogP contribution in [0.3, 0.4) is 0 Å². The molecular weight excluding hydrogens is 206 g/mol. The summed E-state index contributed by atoms with van der Waals surface area (Å²) in [6.45, 7) is 1.59. The van der Waals surface area contributed by atoms with Gasteiger partial charge in [-0.25, -0.2) is 4.98 Å². The molecule has 0 saturated heterocycles. The smallest absolute Gasteiger partial charge is 0.325 e. The van der Waals surface area contributed by atoms with Gasteiger partial charge in [-0.05, 0) is 19.1 Å². The van der Waals surface area contributed by atoms with E-state index in [0.29, 0.717) is 5.82 Å². The van der Waals surface area contributed by atoms with Crippen LogP contribution in [0.15, 0.2) is 24.5 Å². The number of rotatable bonds is 3. The molecule has 84 valence electrons. The second kappa shape index (κ2) is 3.84. The molecule has 2 rings (SSSR count). The van der Waals surface area contributed by atoms with E-state index < -0.39 is 12.0 Å². The molecule has 2 aromatic heterocycles. The number of nitrogens with zero attached hydrogens (tertiary/aromatic N) is 2. The molecule has 0 radical (unpaired) electrons. The fourth-order valence-corrected chi connectivity index (χ4v) is 1.61. The third-order valence-corrected chi connectivity index (χ3v) is 2.51. The highest BCUT2D eigenvalue weighted by Crippen LogP contribution is 2.21. The molecule has 0 spiro atoms. The molecule has 5 nitrogen and oxygen atoms in total. The van der Waals surface area contributed by atoms with E-state index in [2.05, 4.69) is 10.3 Å². The first kappa shape index (κ1) is 10.5. The minimum Gasteiger partial charge on any atom is -0.480 e. The summed E-state index contributed by atoms with van der Waals surface area (Å²) in [6.07, 6.45) is 3.59. The summed E-state index contributed by atoms with van der Waals surface area (Å²) in [6, 6.07) is 3.20. The Kier molecular flexibility index (Phi) is 2.52. The van der Waals surface area contributed by atoms with E-state index in [1.807, 2.05) is 29.9 Å². The van der Waals surface area contributed by atoms with Crippen molar-refractivity contribution in [3.8, 4) is 0 Å². The maximum Gasteiger partial charge on any atom is 0.325 e. The lowest BCUT2D eigenvalue weighted by Gasteiger charge is -2.11. The molecule has 0 saturated carbocycles. The van der Waals surface area contributed by atoms with Gasteiger partial charge in [0, 0.05) is 24.8 Å². The van der Waals surface area contributed by atoms with Crippen LogP contribution in [0.5, 0.6) is 0 Å². The number of carboxylic acids is 1. The molecule has 5 heteroatoms. The second-order valence-corrected chi connectivity index (χ2v) is 3.73. The molecule has 0 fully saturated rings. The number of aliphatic carboxylic acids is 1. The minimum absolute atomic E-state index is 0.597. The molecule has 0 aromatic carbocycles. The molecule has 16 heavy (non-hydrogen) atoms. The summed E-state index contributed by atoms with van der Waals surface area (Å²) >= 11 is 0. The summed E-state index contributed by atoms with van der Waals surface area (Å²) in [4.78, 5) is 14.9. The molecule has 0 aliphatic carbocycles. The van der Waals surface area contributed by atoms with Crippen LogP contribution in [-0.2, 0) is 11.8 Å². The van der Waals surface area contributed by atoms with Crippen LogP contribution >= 0.6 is 0 Å². The lowest BCUT2D eigenvalue weighted by molar-refractivity contribution is -0.137. The molecule has 0 amide bonds. The topological polar surface area (TPSA) is 67.2 Å². The number of aromatic nitrogens is 2. The summed E-state index contributed by atoms with van der Waals surface area (Å²) < 4.78 is 1.92. The Morgan fingerprint density at radius 3 is 3.00 bits per heavy atom. The predicted molar refractivity (Wildman–Crippen MR) is 61.4 cm³/mol. The molecule has 2 heterocycles. The van der Waals surface area contributed by atoms with Crippen LogP contribution in [0, 0.1) is 0 Å². The van der Waals surface area contributed by atoms with Gasteiger partial charge in [-0.3, -0.25) is 4.79 Å². The molecule has 0 bridgehead atoms. The van der Waals surface area contributed by atoms with E-state index in [4.69, 9.17) is 5.11 Å². The van der Waals surface area contributed by atoms with E-state index in [9.17, 15) is 4.79 Å². The van der Waals surface area contributed by atoms with Gasteiger partial charge < -0.3 is 15.0 Å². The van der Waals surface area contributed by atoms with Crippen LogP contribution in [-0.4, -0.2) is 26.7 Å². The molecule has 1 unspecified atom stereocenters. The van der Waals surface area contributed by atoms with Crippen LogP contribution in [0.1, 0.15) is 6.92 Å². The number of pyridine rings is 1. The van der Waals surface area contributed by atoms with Crippen LogP contribution in [0.25, 0.3) is 10.9 Å². The zero-order valence-electron chi connectivity index (χ0n) is 9.14. The average Bonchev–Trinajstić information content (AvgIpc) is 2.61. The minimum atomic E-state index is -0.895. The third-order valence-electron chi connectivity index (χ3n) is 2.51. The van der Waals surface area contributed by atoms with Gasteiger partial charge in [0.25, 0.3) is 0 Å². The Balaban J connectivity index is 2.44. The molecule has 2 N–H and O–H groups in total. The average molecular weight is 219 g/mol. The van der Waals surface area contributed by atoms with Gasteiger partial charge in [0.2, 0.25) is 0 Å². The van der Waals surface area contributed by atoms with Gasteiger partial charge in [-0.15, -0.1) is 0 Å². The second-order valence-electron chi connectivity index (χ2n) is 3.73. The van der Waals surface area contributed by atoms with Gasteiger partial charge in [0.05, 0.1) is 5.52 Å². The van der Waals surface area contributed by atoms with Crippen molar-refractivity contribution in [3.63, 3.8) is 0 Å². The Labute approximate surface area is 92.7 Å². The monoisotopic (exact) mass is 219 g/mol.